The van der Waals surface area contributed by atoms with Crippen LogP contribution in [-0.4, -0.2) is 37.0 Å². The molecule has 0 saturated carbocycles. The van der Waals surface area contributed by atoms with Gasteiger partial charge in [0.1, 0.15) is 17.6 Å². The van der Waals surface area contributed by atoms with E-state index in [0.29, 0.717) is 16.9 Å². The van der Waals surface area contributed by atoms with Crippen LogP contribution in [0, 0.1) is 0 Å². The predicted molar refractivity (Wildman–Crippen MR) is 136 cm³/mol. The van der Waals surface area contributed by atoms with E-state index in [2.05, 4.69) is 39.4 Å². The molecular formula is C26H27F4N7O. The number of hydrogen-bond acceptors (Lipinski definition) is 6. The molecule has 2 N–H and O–H groups in total. The summed E-state index contributed by atoms with van der Waals surface area (Å²) in [5.74, 6) is 0.0108. The van der Waals surface area contributed by atoms with Gasteiger partial charge in [-0.2, -0.15) is 18.2 Å². The second kappa shape index (κ2) is 8.90. The molecule has 8 nitrogen and oxygen atoms in total. The summed E-state index contributed by atoms with van der Waals surface area (Å²) in [4.78, 5) is 25.8. The molecule has 0 amide bonds. The molecule has 1 aliphatic rings. The molecule has 0 radical (unpaired) electrons. The first-order valence-corrected chi connectivity index (χ1v) is 12.1. The molecule has 1 aliphatic heterocycles. The maximum Gasteiger partial charge on any atom is 0.408 e. The van der Waals surface area contributed by atoms with E-state index in [0.717, 1.165) is 16.8 Å². The Morgan fingerprint density at radius 2 is 1.87 bits per heavy atom. The van der Waals surface area contributed by atoms with Gasteiger partial charge in [0.05, 0.1) is 5.69 Å². The van der Waals surface area contributed by atoms with Crippen LogP contribution in [0.1, 0.15) is 44.5 Å². The number of halogens is 4. The molecule has 0 aliphatic carbocycles. The van der Waals surface area contributed by atoms with E-state index in [9.17, 15) is 22.4 Å². The quantitative estimate of drug-likeness (QED) is 0.359. The summed E-state index contributed by atoms with van der Waals surface area (Å²) in [6, 6.07) is 10.2. The summed E-state index contributed by atoms with van der Waals surface area (Å²) in [6.07, 6.45) is -3.52. The zero-order chi connectivity index (χ0) is 27.5. The van der Waals surface area contributed by atoms with E-state index in [-0.39, 0.29) is 33.9 Å². The van der Waals surface area contributed by atoms with E-state index in [4.69, 9.17) is 0 Å². The van der Waals surface area contributed by atoms with Gasteiger partial charge >= 0.3 is 6.18 Å². The van der Waals surface area contributed by atoms with Crippen LogP contribution in [-0.2, 0) is 24.2 Å². The van der Waals surface area contributed by atoms with Gasteiger partial charge in [-0.25, -0.2) is 23.7 Å². The lowest BCUT2D eigenvalue weighted by Crippen LogP contribution is -2.38. The summed E-state index contributed by atoms with van der Waals surface area (Å²) >= 11 is 0. The smallest absolute Gasteiger partial charge is 0.324 e. The summed E-state index contributed by atoms with van der Waals surface area (Å²) < 4.78 is 56.5. The minimum Gasteiger partial charge on any atom is -0.324 e. The molecule has 0 saturated heterocycles. The summed E-state index contributed by atoms with van der Waals surface area (Å²) in [6.45, 7) is 6.85. The van der Waals surface area contributed by atoms with Crippen LogP contribution >= 0.6 is 0 Å². The average Bonchev–Trinajstić information content (AvgIpc) is 3.07. The van der Waals surface area contributed by atoms with Crippen molar-refractivity contribution in [2.24, 2.45) is 0 Å². The van der Waals surface area contributed by atoms with Gasteiger partial charge in [0, 0.05) is 30.4 Å². The van der Waals surface area contributed by atoms with Crippen molar-refractivity contribution in [3.05, 3.63) is 69.8 Å². The topological polar surface area (TPSA) is 89.7 Å². The number of fused-ring (bicyclic) bond motifs is 2. The molecule has 3 aromatic heterocycles. The van der Waals surface area contributed by atoms with E-state index in [1.807, 2.05) is 18.2 Å². The third-order valence-electron chi connectivity index (χ3n) is 6.54. The first-order chi connectivity index (χ1) is 17.7. The second-order valence-electron chi connectivity index (χ2n) is 10.6. The van der Waals surface area contributed by atoms with Gasteiger partial charge in [-0.15, -0.1) is 0 Å². The average molecular weight is 530 g/mol. The van der Waals surface area contributed by atoms with Crippen molar-refractivity contribution in [1.29, 1.82) is 0 Å². The van der Waals surface area contributed by atoms with Crippen LogP contribution in [0.4, 0.5) is 29.2 Å². The van der Waals surface area contributed by atoms with Gasteiger partial charge in [-0.3, -0.25) is 4.79 Å². The van der Waals surface area contributed by atoms with Crippen molar-refractivity contribution in [3.8, 4) is 5.82 Å². The number of alkyl halides is 4. The summed E-state index contributed by atoms with van der Waals surface area (Å²) in [5.41, 5.74) is 0.108. The van der Waals surface area contributed by atoms with Gasteiger partial charge in [0.15, 0.2) is 11.5 Å². The molecule has 0 unspecified atom stereocenters. The number of hydrogen-bond donors (Lipinski definition) is 2. The standard InChI is InChI=1S/C26H27F4N7O/c1-24(2)13-31-11-15-10-16(8-9-18(15)24)33-23-32-12-17-21(35-23)37(36(22(17)38)14-26(28,29)30)20-7-5-6-19(34-20)25(3,4)27/h5-10,12,31H,11,13-14H2,1-4H3,(H,32,33,35). The molecule has 200 valence electrons. The normalized spacial score (nSPS) is 15.5. The minimum absolute atomic E-state index is 0.000792. The van der Waals surface area contributed by atoms with Gasteiger partial charge in [0.25, 0.3) is 5.56 Å². The monoisotopic (exact) mass is 529 g/mol. The molecular weight excluding hydrogens is 502 g/mol. The number of pyridine rings is 1. The fourth-order valence-electron chi connectivity index (χ4n) is 4.72. The lowest BCUT2D eigenvalue weighted by Gasteiger charge is -2.33. The number of nitrogens with zero attached hydrogens (tertiary/aromatic N) is 5. The molecule has 0 bridgehead atoms. The van der Waals surface area contributed by atoms with Gasteiger partial charge in [0.2, 0.25) is 5.95 Å². The Balaban J connectivity index is 1.63. The van der Waals surface area contributed by atoms with E-state index >= 15 is 0 Å². The Hall–Kier alpha value is -3.80. The Morgan fingerprint density at radius 1 is 1.11 bits per heavy atom. The largest absolute Gasteiger partial charge is 0.408 e. The minimum atomic E-state index is -4.70. The maximum atomic E-state index is 14.6. The Morgan fingerprint density at radius 3 is 2.58 bits per heavy atom. The molecule has 38 heavy (non-hydrogen) atoms. The number of rotatable bonds is 5. The Bertz CT molecular complexity index is 1580. The van der Waals surface area contributed by atoms with Gasteiger partial charge < -0.3 is 10.6 Å². The zero-order valence-electron chi connectivity index (χ0n) is 21.3. The van der Waals surface area contributed by atoms with Crippen LogP contribution in [0.3, 0.4) is 0 Å². The fourth-order valence-corrected chi connectivity index (χ4v) is 4.72. The maximum absolute atomic E-state index is 14.6. The predicted octanol–water partition coefficient (Wildman–Crippen LogP) is 4.87. The molecule has 12 heteroatoms. The summed E-state index contributed by atoms with van der Waals surface area (Å²) in [5, 5.41) is 6.35. The SMILES string of the molecule is CC(C)(F)c1cccc(-n2c3nc(Nc4ccc5c(c4)CNCC5(C)C)ncc3c(=O)n2CC(F)(F)F)n1. The molecule has 0 atom stereocenters. The van der Waals surface area contributed by atoms with Crippen LogP contribution < -0.4 is 16.2 Å². The summed E-state index contributed by atoms with van der Waals surface area (Å²) in [7, 11) is 0. The third-order valence-corrected chi connectivity index (χ3v) is 6.54. The third kappa shape index (κ3) is 4.87. The van der Waals surface area contributed by atoms with Gasteiger partial charge in [-0.05, 0) is 49.2 Å². The van der Waals surface area contributed by atoms with E-state index in [1.54, 1.807) is 0 Å². The first kappa shape index (κ1) is 25.8. The Kier molecular flexibility index (Phi) is 6.05. The van der Waals surface area contributed by atoms with Gasteiger partial charge in [-0.1, -0.05) is 26.0 Å². The highest BCUT2D eigenvalue weighted by Gasteiger charge is 2.33. The number of aromatic nitrogens is 5. The first-order valence-electron chi connectivity index (χ1n) is 12.1. The van der Waals surface area contributed by atoms with Crippen molar-refractivity contribution in [2.75, 3.05) is 11.9 Å². The van der Waals surface area contributed by atoms with Crippen LogP contribution in [0.2, 0.25) is 0 Å². The number of anilines is 2. The fraction of sp³-hybridized carbons (Fsp3) is 0.385. The molecule has 5 rings (SSSR count). The lowest BCUT2D eigenvalue weighted by molar-refractivity contribution is -0.144. The van der Waals surface area contributed by atoms with Crippen molar-refractivity contribution in [2.45, 2.75) is 58.0 Å². The highest BCUT2D eigenvalue weighted by atomic mass is 19.4. The molecule has 4 aromatic rings. The van der Waals surface area contributed by atoms with Crippen molar-refractivity contribution in [3.63, 3.8) is 0 Å². The number of benzene rings is 1. The van der Waals surface area contributed by atoms with Crippen LogP contribution in [0.5, 0.6) is 0 Å². The van der Waals surface area contributed by atoms with Crippen molar-refractivity contribution < 1.29 is 17.6 Å². The number of nitrogens with one attached hydrogen (secondary N) is 2. The highest BCUT2D eigenvalue weighted by Crippen LogP contribution is 2.32. The molecule has 0 spiro atoms. The molecule has 4 heterocycles. The van der Waals surface area contributed by atoms with E-state index < -0.39 is 23.9 Å². The van der Waals surface area contributed by atoms with Crippen molar-refractivity contribution in [1.82, 2.24) is 29.6 Å². The van der Waals surface area contributed by atoms with Crippen molar-refractivity contribution >= 4 is 22.7 Å². The lowest BCUT2D eigenvalue weighted by atomic mass is 9.79. The molecule has 0 fully saturated rings. The van der Waals surface area contributed by atoms with E-state index in [1.165, 1.54) is 43.8 Å². The zero-order valence-corrected chi connectivity index (χ0v) is 21.3. The van der Waals surface area contributed by atoms with Crippen LogP contribution in [0.25, 0.3) is 16.9 Å². The Labute approximate surface area is 215 Å². The molecule has 1 aromatic carbocycles. The highest BCUT2D eigenvalue weighted by molar-refractivity contribution is 5.77. The second-order valence-corrected chi connectivity index (χ2v) is 10.6. The van der Waals surface area contributed by atoms with Crippen LogP contribution in [0.15, 0.2) is 47.4 Å².